The van der Waals surface area contributed by atoms with Gasteiger partial charge in [0.15, 0.2) is 0 Å². The Hall–Kier alpha value is -2.47. The van der Waals surface area contributed by atoms with Crippen molar-refractivity contribution < 1.29 is 23.1 Å². The van der Waals surface area contributed by atoms with Crippen LogP contribution < -0.4 is 4.90 Å². The molecule has 2 aromatic rings. The fourth-order valence-corrected chi connectivity index (χ4v) is 7.12. The van der Waals surface area contributed by atoms with Crippen molar-refractivity contribution in [3.05, 3.63) is 30.5 Å². The van der Waals surface area contributed by atoms with Crippen molar-refractivity contribution in [1.29, 1.82) is 0 Å². The summed E-state index contributed by atoms with van der Waals surface area (Å²) in [5.41, 5.74) is 1.38. The third kappa shape index (κ3) is 4.35. The maximum atomic E-state index is 13.4. The topological polar surface area (TPSA) is 107 Å². The fraction of sp³-hybridized carbons (Fsp3) is 0.583. The number of morpholine rings is 1. The van der Waals surface area contributed by atoms with E-state index in [1.54, 1.807) is 14.7 Å². The van der Waals surface area contributed by atoms with E-state index in [-0.39, 0.29) is 18.3 Å². The number of carbonyl (C=O) groups excluding carboxylic acids is 1. The lowest BCUT2D eigenvalue weighted by Crippen LogP contribution is -2.61. The van der Waals surface area contributed by atoms with Crippen molar-refractivity contribution in [2.24, 2.45) is 0 Å². The Morgan fingerprint density at radius 2 is 1.71 bits per heavy atom. The number of hydrogen-bond donors (Lipinski definition) is 1. The average Bonchev–Trinajstić information content (AvgIpc) is 3.71. The zero-order chi connectivity index (χ0) is 24.2. The molecule has 10 nitrogen and oxygen atoms in total. The van der Waals surface area contributed by atoms with E-state index in [2.05, 4.69) is 9.88 Å². The van der Waals surface area contributed by atoms with Crippen LogP contribution in [0, 0.1) is 0 Å². The molecule has 4 heterocycles. The molecule has 4 aliphatic rings. The minimum Gasteiger partial charge on any atom is -0.506 e. The third-order valence-electron chi connectivity index (χ3n) is 7.81. The molecule has 4 fully saturated rings. The van der Waals surface area contributed by atoms with Gasteiger partial charge in [0.2, 0.25) is 5.91 Å². The molecular weight excluding hydrogens is 470 g/mol. The van der Waals surface area contributed by atoms with E-state index in [1.807, 2.05) is 23.1 Å². The highest BCUT2D eigenvalue weighted by atomic mass is 32.2. The van der Waals surface area contributed by atoms with Gasteiger partial charge < -0.3 is 19.6 Å². The summed E-state index contributed by atoms with van der Waals surface area (Å²) >= 11 is 0. The van der Waals surface area contributed by atoms with E-state index < -0.39 is 15.8 Å². The first-order valence-corrected chi connectivity index (χ1v) is 13.8. The number of carbonyl (C=O) groups is 1. The molecule has 0 unspecified atom stereocenters. The molecule has 1 aliphatic carbocycles. The van der Waals surface area contributed by atoms with Gasteiger partial charge in [-0.3, -0.25) is 9.78 Å². The molecule has 0 atom stereocenters. The maximum Gasteiger partial charge on any atom is 0.282 e. The first-order chi connectivity index (χ1) is 16.8. The monoisotopic (exact) mass is 501 g/mol. The van der Waals surface area contributed by atoms with E-state index in [9.17, 15) is 18.3 Å². The second-order valence-corrected chi connectivity index (χ2v) is 12.0. The molecule has 0 radical (unpaired) electrons. The SMILES string of the molecule is O=C1COC2(CCN(S(=O)(=O)N3CCN(c4ccc5cc(O)cnc5c4)CC3)CC2)CN1C1CC1. The lowest BCUT2D eigenvalue weighted by molar-refractivity contribution is -0.170. The molecule has 6 rings (SSSR count). The summed E-state index contributed by atoms with van der Waals surface area (Å²) in [6.07, 6.45) is 4.78. The number of piperazine rings is 1. The molecule has 11 heteroatoms. The minimum absolute atomic E-state index is 0.0615. The maximum absolute atomic E-state index is 13.4. The summed E-state index contributed by atoms with van der Waals surface area (Å²) in [5, 5.41) is 10.5. The number of piperidine rings is 1. The molecule has 3 saturated heterocycles. The van der Waals surface area contributed by atoms with Crippen molar-refractivity contribution in [3.8, 4) is 5.75 Å². The standard InChI is InChI=1S/C24H31N5O5S/c30-21-13-18-1-2-20(14-22(18)25-15-21)26-9-11-28(12-10-26)35(32,33)27-7-5-24(6-8-27)17-29(19-3-4-19)23(31)16-34-24/h1-2,13-15,19,30H,3-12,16-17H2. The van der Waals surface area contributed by atoms with Gasteiger partial charge in [-0.2, -0.15) is 17.0 Å². The summed E-state index contributed by atoms with van der Waals surface area (Å²) in [4.78, 5) is 20.6. The van der Waals surface area contributed by atoms with Gasteiger partial charge in [0.05, 0.1) is 23.9 Å². The number of hydrogen-bond acceptors (Lipinski definition) is 7. The predicted octanol–water partition coefficient (Wildman–Crippen LogP) is 1.16. The fourth-order valence-electron chi connectivity index (χ4n) is 5.52. The lowest BCUT2D eigenvalue weighted by atomic mass is 9.90. The Morgan fingerprint density at radius 1 is 1.00 bits per heavy atom. The highest BCUT2D eigenvalue weighted by Gasteiger charge is 2.48. The first-order valence-electron chi connectivity index (χ1n) is 12.4. The van der Waals surface area contributed by atoms with Crippen molar-refractivity contribution in [2.75, 3.05) is 57.3 Å². The van der Waals surface area contributed by atoms with E-state index in [0.29, 0.717) is 64.7 Å². The summed E-state index contributed by atoms with van der Waals surface area (Å²) in [6.45, 7) is 3.57. The molecule has 35 heavy (non-hydrogen) atoms. The van der Waals surface area contributed by atoms with Gasteiger partial charge >= 0.3 is 0 Å². The van der Waals surface area contributed by atoms with Crippen LogP contribution in [0.25, 0.3) is 10.9 Å². The zero-order valence-electron chi connectivity index (χ0n) is 19.7. The number of ether oxygens (including phenoxy) is 1. The smallest absolute Gasteiger partial charge is 0.282 e. The van der Waals surface area contributed by atoms with Crippen LogP contribution in [-0.4, -0.2) is 102 Å². The van der Waals surface area contributed by atoms with Gasteiger partial charge in [0.1, 0.15) is 12.4 Å². The Morgan fingerprint density at radius 3 is 2.43 bits per heavy atom. The molecule has 188 valence electrons. The van der Waals surface area contributed by atoms with Crippen LogP contribution in [0.2, 0.25) is 0 Å². The largest absolute Gasteiger partial charge is 0.506 e. The quantitative estimate of drug-likeness (QED) is 0.670. The number of nitrogens with zero attached hydrogens (tertiary/aromatic N) is 5. The average molecular weight is 502 g/mol. The van der Waals surface area contributed by atoms with Crippen molar-refractivity contribution in [2.45, 2.75) is 37.3 Å². The number of fused-ring (bicyclic) bond motifs is 1. The Kier molecular flexibility index (Phi) is 5.63. The number of benzene rings is 1. The Bertz CT molecular complexity index is 1230. The van der Waals surface area contributed by atoms with E-state index >= 15 is 0 Å². The number of pyridine rings is 1. The van der Waals surface area contributed by atoms with Crippen LogP contribution in [0.4, 0.5) is 5.69 Å². The molecule has 0 bridgehead atoms. The second-order valence-electron chi connectivity index (χ2n) is 10.1. The second kappa shape index (κ2) is 8.58. The molecular formula is C24H31N5O5S. The van der Waals surface area contributed by atoms with Crippen molar-refractivity contribution in [3.63, 3.8) is 0 Å². The van der Waals surface area contributed by atoms with E-state index in [4.69, 9.17) is 4.74 Å². The lowest BCUT2D eigenvalue weighted by Gasteiger charge is -2.47. The third-order valence-corrected chi connectivity index (χ3v) is 9.85. The van der Waals surface area contributed by atoms with Crippen molar-refractivity contribution >= 4 is 32.7 Å². The number of anilines is 1. The van der Waals surface area contributed by atoms with Gasteiger partial charge in [-0.25, -0.2) is 0 Å². The molecule has 1 saturated carbocycles. The molecule has 1 N–H and O–H groups in total. The summed E-state index contributed by atoms with van der Waals surface area (Å²) in [6, 6.07) is 7.92. The van der Waals surface area contributed by atoms with Crippen LogP contribution >= 0.6 is 0 Å². The van der Waals surface area contributed by atoms with Gasteiger partial charge in [0, 0.05) is 56.4 Å². The van der Waals surface area contributed by atoms with Crippen LogP contribution in [0.5, 0.6) is 5.75 Å². The number of amides is 1. The summed E-state index contributed by atoms with van der Waals surface area (Å²) in [5.74, 6) is 0.197. The normalized spacial score (nSPS) is 24.4. The minimum atomic E-state index is -3.55. The van der Waals surface area contributed by atoms with E-state index in [0.717, 1.165) is 29.4 Å². The van der Waals surface area contributed by atoms with Crippen LogP contribution in [0.15, 0.2) is 30.5 Å². The highest BCUT2D eigenvalue weighted by molar-refractivity contribution is 7.86. The van der Waals surface area contributed by atoms with Crippen molar-refractivity contribution in [1.82, 2.24) is 18.5 Å². The Labute approximate surface area is 205 Å². The molecule has 1 spiro atoms. The molecule has 3 aliphatic heterocycles. The highest BCUT2D eigenvalue weighted by Crippen LogP contribution is 2.37. The van der Waals surface area contributed by atoms with Gasteiger partial charge in [-0.15, -0.1) is 0 Å². The Balaban J connectivity index is 1.07. The van der Waals surface area contributed by atoms with Gasteiger partial charge in [0.25, 0.3) is 10.2 Å². The molecule has 1 aromatic heterocycles. The zero-order valence-corrected chi connectivity index (χ0v) is 20.5. The van der Waals surface area contributed by atoms with E-state index in [1.165, 1.54) is 6.20 Å². The summed E-state index contributed by atoms with van der Waals surface area (Å²) in [7, 11) is -3.55. The molecule has 1 aromatic carbocycles. The van der Waals surface area contributed by atoms with Gasteiger partial charge in [-0.1, -0.05) is 6.07 Å². The van der Waals surface area contributed by atoms with Gasteiger partial charge in [-0.05, 0) is 43.9 Å². The number of aromatic nitrogens is 1. The van der Waals surface area contributed by atoms with Crippen LogP contribution in [0.3, 0.4) is 0 Å². The first kappa shape index (κ1) is 23.0. The summed E-state index contributed by atoms with van der Waals surface area (Å²) < 4.78 is 35.9. The van der Waals surface area contributed by atoms with Crippen LogP contribution in [0.1, 0.15) is 25.7 Å². The van der Waals surface area contributed by atoms with Crippen LogP contribution in [-0.2, 0) is 19.7 Å². The molecule has 1 amide bonds. The predicted molar refractivity (Wildman–Crippen MR) is 130 cm³/mol. The number of rotatable bonds is 4. The number of aromatic hydroxyl groups is 1.